The molecule has 0 aliphatic heterocycles. The van der Waals surface area contributed by atoms with Crippen molar-refractivity contribution >= 4 is 42.3 Å². The van der Waals surface area contributed by atoms with Gasteiger partial charge in [-0.25, -0.2) is 4.79 Å². The van der Waals surface area contributed by atoms with Crippen LogP contribution in [0, 0.1) is 5.92 Å². The molecule has 11 nitrogen and oxygen atoms in total. The second kappa shape index (κ2) is 14.2. The zero-order valence-electron chi connectivity index (χ0n) is 19.1. The number of carbonyl (C=O) groups excluding carboxylic acids is 3. The Balaban J connectivity index is 3.03. The van der Waals surface area contributed by atoms with Gasteiger partial charge in [-0.05, 0) is 11.5 Å². The molecular formula is C22H32N4O7S. The first-order chi connectivity index (χ1) is 16.0. The van der Waals surface area contributed by atoms with Crippen LogP contribution in [-0.2, 0) is 30.4 Å². The fourth-order valence-corrected chi connectivity index (χ4v) is 3.21. The number of amides is 3. The van der Waals surface area contributed by atoms with Gasteiger partial charge in [-0.3, -0.25) is 19.2 Å². The van der Waals surface area contributed by atoms with Gasteiger partial charge in [-0.15, -0.1) is 0 Å². The molecule has 0 bridgehead atoms. The van der Waals surface area contributed by atoms with E-state index in [9.17, 15) is 29.1 Å². The van der Waals surface area contributed by atoms with E-state index >= 15 is 0 Å². The van der Waals surface area contributed by atoms with Gasteiger partial charge in [-0.2, -0.15) is 12.6 Å². The Morgan fingerprint density at radius 2 is 1.44 bits per heavy atom. The number of carbonyl (C=O) groups is 5. The lowest BCUT2D eigenvalue weighted by molar-refractivity contribution is -0.147. The van der Waals surface area contributed by atoms with E-state index in [1.807, 2.05) is 6.92 Å². The van der Waals surface area contributed by atoms with E-state index in [0.29, 0.717) is 12.0 Å². The summed E-state index contributed by atoms with van der Waals surface area (Å²) in [7, 11) is 0. The Hall–Kier alpha value is -3.12. The van der Waals surface area contributed by atoms with Crippen molar-refractivity contribution in [1.82, 2.24) is 16.0 Å². The number of carboxylic acids is 2. The quantitative estimate of drug-likeness (QED) is 0.169. The Morgan fingerprint density at radius 1 is 0.912 bits per heavy atom. The third-order valence-electron chi connectivity index (χ3n) is 5.28. The standard InChI is InChI=1S/C22H32N4O7S/c1-3-12(2)18(23)21(31)26-16(11-34)20(30)24-14(9-13-7-5-4-6-8-13)19(29)25-15(22(32)33)10-17(27)28/h4-8,12,14-16,18,34H,3,9-11,23H2,1-2H3,(H,24,30)(H,25,29)(H,26,31)(H,27,28)(H,32,33). The van der Waals surface area contributed by atoms with Crippen LogP contribution < -0.4 is 21.7 Å². The van der Waals surface area contributed by atoms with E-state index < -0.39 is 60.2 Å². The second-order valence-corrected chi connectivity index (χ2v) is 8.27. The minimum atomic E-state index is -1.69. The smallest absolute Gasteiger partial charge is 0.326 e. The molecule has 0 aromatic heterocycles. The van der Waals surface area contributed by atoms with Crippen LogP contribution >= 0.6 is 12.6 Å². The van der Waals surface area contributed by atoms with Crippen molar-refractivity contribution in [3.8, 4) is 0 Å². The molecule has 5 unspecified atom stereocenters. The van der Waals surface area contributed by atoms with Gasteiger partial charge in [0.1, 0.15) is 18.1 Å². The number of hydrogen-bond acceptors (Lipinski definition) is 7. The van der Waals surface area contributed by atoms with E-state index in [4.69, 9.17) is 10.8 Å². The molecule has 0 heterocycles. The van der Waals surface area contributed by atoms with Crippen molar-refractivity contribution in [1.29, 1.82) is 0 Å². The predicted molar refractivity (Wildman–Crippen MR) is 127 cm³/mol. The summed E-state index contributed by atoms with van der Waals surface area (Å²) >= 11 is 4.11. The van der Waals surface area contributed by atoms with E-state index in [-0.39, 0.29) is 18.1 Å². The monoisotopic (exact) mass is 496 g/mol. The highest BCUT2D eigenvalue weighted by atomic mass is 32.1. The SMILES string of the molecule is CCC(C)C(N)C(=O)NC(CS)C(=O)NC(Cc1ccccc1)C(=O)NC(CC(=O)O)C(=O)O. The van der Waals surface area contributed by atoms with Crippen LogP contribution in [0.15, 0.2) is 30.3 Å². The average Bonchev–Trinajstić information content (AvgIpc) is 2.80. The summed E-state index contributed by atoms with van der Waals surface area (Å²) in [5, 5.41) is 25.3. The van der Waals surface area contributed by atoms with Crippen molar-refractivity contribution in [2.45, 2.75) is 57.3 Å². The summed E-state index contributed by atoms with van der Waals surface area (Å²) in [5.74, 6) is -5.29. The summed E-state index contributed by atoms with van der Waals surface area (Å²) in [6.07, 6.45) is -0.180. The van der Waals surface area contributed by atoms with E-state index in [1.165, 1.54) is 0 Å². The fraction of sp³-hybridized carbons (Fsp3) is 0.500. The molecule has 0 spiro atoms. The molecule has 0 saturated heterocycles. The number of thiol groups is 1. The molecule has 34 heavy (non-hydrogen) atoms. The largest absolute Gasteiger partial charge is 0.481 e. The molecule has 0 aliphatic carbocycles. The molecule has 1 rings (SSSR count). The Bertz CT molecular complexity index is 868. The molecule has 1 aromatic carbocycles. The first-order valence-electron chi connectivity index (χ1n) is 10.8. The lowest BCUT2D eigenvalue weighted by Crippen LogP contribution is -2.58. The Labute approximate surface area is 203 Å². The maximum absolute atomic E-state index is 12.9. The molecule has 7 N–H and O–H groups in total. The maximum Gasteiger partial charge on any atom is 0.326 e. The Morgan fingerprint density at radius 3 is 1.94 bits per heavy atom. The maximum atomic E-state index is 12.9. The highest BCUT2D eigenvalue weighted by Crippen LogP contribution is 2.08. The van der Waals surface area contributed by atoms with Gasteiger partial charge in [0, 0.05) is 12.2 Å². The first kappa shape index (κ1) is 28.9. The van der Waals surface area contributed by atoms with Crippen LogP contribution in [0.1, 0.15) is 32.3 Å². The van der Waals surface area contributed by atoms with E-state index in [2.05, 4.69) is 28.6 Å². The van der Waals surface area contributed by atoms with Crippen LogP contribution in [0.5, 0.6) is 0 Å². The minimum Gasteiger partial charge on any atom is -0.481 e. The van der Waals surface area contributed by atoms with Crippen LogP contribution in [0.2, 0.25) is 0 Å². The summed E-state index contributed by atoms with van der Waals surface area (Å²) in [4.78, 5) is 60.4. The number of nitrogens with two attached hydrogens (primary N) is 1. The molecule has 0 radical (unpaired) electrons. The number of nitrogens with one attached hydrogen (secondary N) is 3. The summed E-state index contributed by atoms with van der Waals surface area (Å²) in [6, 6.07) is 3.76. The van der Waals surface area contributed by atoms with E-state index in [0.717, 1.165) is 0 Å². The van der Waals surface area contributed by atoms with Gasteiger partial charge >= 0.3 is 11.9 Å². The molecule has 3 amide bonds. The van der Waals surface area contributed by atoms with Gasteiger partial charge in [0.25, 0.3) is 0 Å². The van der Waals surface area contributed by atoms with Gasteiger partial charge in [0.15, 0.2) is 0 Å². The molecule has 1 aromatic rings. The second-order valence-electron chi connectivity index (χ2n) is 7.90. The van der Waals surface area contributed by atoms with Crippen molar-refractivity contribution in [3.05, 3.63) is 35.9 Å². The number of carboxylic acid groups (broad SMARTS) is 2. The zero-order chi connectivity index (χ0) is 25.8. The molecule has 5 atom stereocenters. The lowest BCUT2D eigenvalue weighted by atomic mass is 9.99. The first-order valence-corrected chi connectivity index (χ1v) is 11.4. The number of aliphatic carboxylic acids is 2. The van der Waals surface area contributed by atoms with Gasteiger partial charge in [0.2, 0.25) is 17.7 Å². The normalized spacial score (nSPS) is 15.2. The van der Waals surface area contributed by atoms with Crippen molar-refractivity contribution in [2.75, 3.05) is 5.75 Å². The number of hydrogen-bond donors (Lipinski definition) is 7. The predicted octanol–water partition coefficient (Wildman–Crippen LogP) is -0.454. The third kappa shape index (κ3) is 9.40. The molecular weight excluding hydrogens is 464 g/mol. The highest BCUT2D eigenvalue weighted by molar-refractivity contribution is 7.80. The summed E-state index contributed by atoms with van der Waals surface area (Å²) in [6.45, 7) is 3.68. The number of rotatable bonds is 14. The van der Waals surface area contributed by atoms with Gasteiger partial charge in [0.05, 0.1) is 12.5 Å². The minimum absolute atomic E-state index is 0.00254. The zero-order valence-corrected chi connectivity index (χ0v) is 20.0. The topological polar surface area (TPSA) is 188 Å². The van der Waals surface area contributed by atoms with Crippen molar-refractivity contribution in [3.63, 3.8) is 0 Å². The average molecular weight is 497 g/mol. The lowest BCUT2D eigenvalue weighted by Gasteiger charge is -2.25. The van der Waals surface area contributed by atoms with E-state index in [1.54, 1.807) is 37.3 Å². The molecule has 188 valence electrons. The van der Waals surface area contributed by atoms with Gasteiger partial charge in [-0.1, -0.05) is 50.6 Å². The summed E-state index contributed by atoms with van der Waals surface area (Å²) < 4.78 is 0. The summed E-state index contributed by atoms with van der Waals surface area (Å²) in [5.41, 5.74) is 6.58. The molecule has 0 saturated carbocycles. The van der Waals surface area contributed by atoms with Gasteiger partial charge < -0.3 is 31.9 Å². The Kier molecular flexibility index (Phi) is 12.1. The molecule has 0 fully saturated rings. The van der Waals surface area contributed by atoms with Crippen molar-refractivity contribution in [2.24, 2.45) is 11.7 Å². The van der Waals surface area contributed by atoms with Crippen LogP contribution in [-0.4, -0.2) is 69.8 Å². The van der Waals surface area contributed by atoms with Crippen LogP contribution in [0.3, 0.4) is 0 Å². The number of benzene rings is 1. The van der Waals surface area contributed by atoms with Crippen LogP contribution in [0.4, 0.5) is 0 Å². The molecule has 12 heteroatoms. The highest BCUT2D eigenvalue weighted by Gasteiger charge is 2.31. The fourth-order valence-electron chi connectivity index (χ4n) is 2.95. The third-order valence-corrected chi connectivity index (χ3v) is 5.65. The van der Waals surface area contributed by atoms with Crippen molar-refractivity contribution < 1.29 is 34.2 Å². The molecule has 0 aliphatic rings. The van der Waals surface area contributed by atoms with Crippen LogP contribution in [0.25, 0.3) is 0 Å².